The highest BCUT2D eigenvalue weighted by Crippen LogP contribution is 2.25. The first-order valence-corrected chi connectivity index (χ1v) is 13.7. The number of aromatic nitrogens is 2. The number of aryl methyl sites for hydroxylation is 1. The summed E-state index contributed by atoms with van der Waals surface area (Å²) in [7, 11) is -3.27. The Morgan fingerprint density at radius 2 is 1.83 bits per heavy atom. The monoisotopic (exact) mass is 516 g/mol. The molecule has 0 saturated heterocycles. The summed E-state index contributed by atoms with van der Waals surface area (Å²) >= 11 is 6.20. The molecule has 1 aromatic heterocycles. The van der Waals surface area contributed by atoms with Crippen LogP contribution < -0.4 is 10.0 Å². The van der Waals surface area contributed by atoms with E-state index >= 15 is 0 Å². The number of nitrogens with zero attached hydrogens (tertiary/aromatic N) is 2. The van der Waals surface area contributed by atoms with Gasteiger partial charge in [0.25, 0.3) is 0 Å². The molecule has 0 fully saturated rings. The zero-order chi connectivity index (χ0) is 26.0. The highest BCUT2D eigenvalue weighted by atomic mass is 35.5. The molecule has 0 spiro atoms. The van der Waals surface area contributed by atoms with Crippen molar-refractivity contribution in [3.63, 3.8) is 0 Å². The van der Waals surface area contributed by atoms with Crippen molar-refractivity contribution >= 4 is 27.5 Å². The van der Waals surface area contributed by atoms with Crippen LogP contribution in [-0.2, 0) is 33.3 Å². The lowest BCUT2D eigenvalue weighted by atomic mass is 9.92. The SMILES string of the molecule is Cc1cc(C(C)C(=O)NCc2cc(C(C)(C)C)nn2-c2cccc(Cl)c2)ccc1CNS(C)(=O)=O. The molecule has 0 saturated carbocycles. The molecule has 1 heterocycles. The fraction of sp³-hybridized carbons (Fsp3) is 0.385. The third-order valence-corrected chi connectivity index (χ3v) is 6.74. The van der Waals surface area contributed by atoms with Gasteiger partial charge >= 0.3 is 0 Å². The van der Waals surface area contributed by atoms with E-state index in [0.717, 1.165) is 40.0 Å². The molecule has 1 unspecified atom stereocenters. The predicted octanol–water partition coefficient (Wildman–Crippen LogP) is 4.60. The van der Waals surface area contributed by atoms with Gasteiger partial charge in [-0.25, -0.2) is 17.8 Å². The quantitative estimate of drug-likeness (QED) is 0.457. The molecule has 0 aliphatic rings. The van der Waals surface area contributed by atoms with Gasteiger partial charge in [0, 0.05) is 17.0 Å². The van der Waals surface area contributed by atoms with E-state index in [1.165, 1.54) is 0 Å². The molecule has 1 amide bonds. The van der Waals surface area contributed by atoms with Gasteiger partial charge < -0.3 is 5.32 Å². The topological polar surface area (TPSA) is 93.1 Å². The second kappa shape index (κ2) is 10.5. The van der Waals surface area contributed by atoms with Gasteiger partial charge in [0.05, 0.1) is 35.8 Å². The standard InChI is InChI=1S/C26H33ClN4O3S/c1-17-12-19(10-11-20(17)15-29-35(6,33)34)18(2)25(32)28-16-23-14-24(26(3,4)5)30-31(23)22-9-7-8-21(27)13-22/h7-14,18,29H,15-16H2,1-6H3,(H,28,32). The highest BCUT2D eigenvalue weighted by Gasteiger charge is 2.22. The smallest absolute Gasteiger partial charge is 0.227 e. The van der Waals surface area contributed by atoms with E-state index in [2.05, 4.69) is 30.8 Å². The highest BCUT2D eigenvalue weighted by molar-refractivity contribution is 7.88. The average molecular weight is 517 g/mol. The van der Waals surface area contributed by atoms with E-state index in [1.807, 2.05) is 67.1 Å². The summed E-state index contributed by atoms with van der Waals surface area (Å²) in [5.74, 6) is -0.488. The van der Waals surface area contributed by atoms with Crippen LogP contribution in [0, 0.1) is 6.92 Å². The van der Waals surface area contributed by atoms with Crippen molar-refractivity contribution in [1.82, 2.24) is 19.8 Å². The first kappa shape index (κ1) is 26.9. The van der Waals surface area contributed by atoms with E-state index in [9.17, 15) is 13.2 Å². The number of hydrogen-bond acceptors (Lipinski definition) is 4. The largest absolute Gasteiger partial charge is 0.350 e. The van der Waals surface area contributed by atoms with Gasteiger partial charge in [0.1, 0.15) is 0 Å². The molecule has 7 nitrogen and oxygen atoms in total. The minimum atomic E-state index is -3.27. The van der Waals surface area contributed by atoms with Crippen molar-refractivity contribution in [2.24, 2.45) is 0 Å². The average Bonchev–Trinajstić information content (AvgIpc) is 3.20. The zero-order valence-corrected chi connectivity index (χ0v) is 22.6. The molecule has 188 valence electrons. The molecule has 3 aromatic rings. The number of amides is 1. The summed E-state index contributed by atoms with van der Waals surface area (Å²) in [6, 6.07) is 15.1. The Morgan fingerprint density at radius 1 is 1.11 bits per heavy atom. The lowest BCUT2D eigenvalue weighted by Crippen LogP contribution is -2.28. The molecule has 0 aliphatic heterocycles. The number of carbonyl (C=O) groups excluding carboxylic acids is 1. The van der Waals surface area contributed by atoms with Crippen LogP contribution in [0.5, 0.6) is 0 Å². The third-order valence-electron chi connectivity index (χ3n) is 5.83. The molecule has 0 radical (unpaired) electrons. The van der Waals surface area contributed by atoms with Gasteiger partial charge in [-0.05, 0) is 54.8 Å². The van der Waals surface area contributed by atoms with Crippen LogP contribution in [0.3, 0.4) is 0 Å². The number of rotatable bonds is 8. The molecular formula is C26H33ClN4O3S. The zero-order valence-electron chi connectivity index (χ0n) is 21.0. The maximum absolute atomic E-state index is 13.0. The Balaban J connectivity index is 1.76. The molecule has 3 rings (SSSR count). The number of halogens is 1. The first-order valence-electron chi connectivity index (χ1n) is 11.4. The lowest BCUT2D eigenvalue weighted by molar-refractivity contribution is -0.122. The molecular weight excluding hydrogens is 484 g/mol. The summed E-state index contributed by atoms with van der Waals surface area (Å²) in [5, 5.41) is 8.44. The lowest BCUT2D eigenvalue weighted by Gasteiger charge is -2.15. The normalized spacial score (nSPS) is 13.0. The van der Waals surface area contributed by atoms with Crippen LogP contribution in [0.25, 0.3) is 5.69 Å². The van der Waals surface area contributed by atoms with E-state index in [-0.39, 0.29) is 23.8 Å². The number of carbonyl (C=O) groups is 1. The van der Waals surface area contributed by atoms with Crippen molar-refractivity contribution in [3.05, 3.63) is 81.6 Å². The third kappa shape index (κ3) is 7.16. The minimum Gasteiger partial charge on any atom is -0.350 e. The molecule has 9 heteroatoms. The number of nitrogens with one attached hydrogen (secondary N) is 2. The fourth-order valence-corrected chi connectivity index (χ4v) is 4.22. The Labute approximate surface area is 212 Å². The van der Waals surface area contributed by atoms with Crippen molar-refractivity contribution in [2.75, 3.05) is 6.26 Å². The molecule has 2 aromatic carbocycles. The van der Waals surface area contributed by atoms with Gasteiger partial charge in [0.2, 0.25) is 15.9 Å². The Bertz CT molecular complexity index is 1330. The van der Waals surface area contributed by atoms with Gasteiger partial charge in [-0.2, -0.15) is 5.10 Å². The van der Waals surface area contributed by atoms with Crippen LogP contribution in [0.4, 0.5) is 0 Å². The van der Waals surface area contributed by atoms with Crippen molar-refractivity contribution < 1.29 is 13.2 Å². The second-order valence-corrected chi connectivity index (χ2v) is 12.2. The Morgan fingerprint density at radius 3 is 2.43 bits per heavy atom. The van der Waals surface area contributed by atoms with Crippen molar-refractivity contribution in [3.8, 4) is 5.69 Å². The first-order chi connectivity index (χ1) is 16.2. The van der Waals surface area contributed by atoms with Crippen LogP contribution in [0.15, 0.2) is 48.5 Å². The summed E-state index contributed by atoms with van der Waals surface area (Å²) in [6.45, 7) is 10.6. The number of sulfonamides is 1. The maximum Gasteiger partial charge on any atom is 0.227 e. The van der Waals surface area contributed by atoms with E-state index in [4.69, 9.17) is 16.7 Å². The van der Waals surface area contributed by atoms with Crippen molar-refractivity contribution in [1.29, 1.82) is 0 Å². The summed E-state index contributed by atoms with van der Waals surface area (Å²) in [4.78, 5) is 13.0. The molecule has 0 bridgehead atoms. The fourth-order valence-electron chi connectivity index (χ4n) is 3.62. The van der Waals surface area contributed by atoms with Crippen molar-refractivity contribution in [2.45, 2.75) is 59.0 Å². The summed E-state index contributed by atoms with van der Waals surface area (Å²) < 4.78 is 27.1. The molecule has 35 heavy (non-hydrogen) atoms. The van der Waals surface area contributed by atoms with E-state index in [0.29, 0.717) is 11.6 Å². The van der Waals surface area contributed by atoms with E-state index in [1.54, 1.807) is 0 Å². The molecule has 2 N–H and O–H groups in total. The molecule has 0 aliphatic carbocycles. The van der Waals surface area contributed by atoms with Gasteiger partial charge in [0.15, 0.2) is 0 Å². The van der Waals surface area contributed by atoms with Crippen LogP contribution in [0.2, 0.25) is 5.02 Å². The summed E-state index contributed by atoms with van der Waals surface area (Å²) in [6.07, 6.45) is 1.13. The summed E-state index contributed by atoms with van der Waals surface area (Å²) in [5.41, 5.74) is 5.11. The predicted molar refractivity (Wildman–Crippen MR) is 140 cm³/mol. The second-order valence-electron chi connectivity index (χ2n) is 9.88. The van der Waals surface area contributed by atoms with Gasteiger partial charge in [-0.3, -0.25) is 4.79 Å². The van der Waals surface area contributed by atoms with Crippen LogP contribution in [-0.4, -0.2) is 30.4 Å². The van der Waals surface area contributed by atoms with E-state index < -0.39 is 10.0 Å². The Kier molecular flexibility index (Phi) is 8.09. The molecule has 1 atom stereocenters. The Hall–Kier alpha value is -2.68. The number of benzene rings is 2. The maximum atomic E-state index is 13.0. The van der Waals surface area contributed by atoms with Gasteiger partial charge in [-0.15, -0.1) is 0 Å². The minimum absolute atomic E-state index is 0.109. The van der Waals surface area contributed by atoms with Crippen LogP contribution >= 0.6 is 11.6 Å². The number of hydrogen-bond donors (Lipinski definition) is 2. The van der Waals surface area contributed by atoms with Gasteiger partial charge in [-0.1, -0.05) is 56.6 Å². The van der Waals surface area contributed by atoms with Crippen LogP contribution in [0.1, 0.15) is 61.7 Å².